The van der Waals surface area contributed by atoms with Crippen LogP contribution in [0.4, 0.5) is 5.69 Å². The highest BCUT2D eigenvalue weighted by Crippen LogP contribution is 2.30. The molecule has 1 aliphatic rings. The van der Waals surface area contributed by atoms with Gasteiger partial charge in [0.1, 0.15) is 5.78 Å². The number of pyridine rings is 1. The molecule has 84 valence electrons. The lowest BCUT2D eigenvalue weighted by Gasteiger charge is -2.04. The van der Waals surface area contributed by atoms with Crippen LogP contribution in [0.15, 0.2) is 18.3 Å². The summed E-state index contributed by atoms with van der Waals surface area (Å²) in [5.74, 6) is -0.0318. The number of hydrogen-bond donors (Lipinski definition) is 1. The average Bonchev–Trinajstić information content (AvgIpc) is 2.99. The van der Waals surface area contributed by atoms with E-state index in [1.807, 2.05) is 6.92 Å². The summed E-state index contributed by atoms with van der Waals surface area (Å²) in [4.78, 5) is 26.9. The molecule has 1 amide bonds. The summed E-state index contributed by atoms with van der Waals surface area (Å²) in [6, 6.07) is 3.49. The molecule has 0 aliphatic heterocycles. The number of carbonyl (C=O) groups excluding carboxylic acids is 2. The van der Waals surface area contributed by atoms with Crippen LogP contribution in [0.3, 0.4) is 0 Å². The van der Waals surface area contributed by atoms with Crippen molar-refractivity contribution in [1.82, 2.24) is 4.98 Å². The zero-order chi connectivity index (χ0) is 11.5. The Kier molecular flexibility index (Phi) is 2.99. The third kappa shape index (κ3) is 2.89. The van der Waals surface area contributed by atoms with Crippen LogP contribution in [0, 0.1) is 12.8 Å². The van der Waals surface area contributed by atoms with E-state index in [2.05, 4.69) is 10.3 Å². The molecule has 2 rings (SSSR count). The number of ketones is 1. The van der Waals surface area contributed by atoms with Crippen molar-refractivity contribution in [3.05, 3.63) is 24.0 Å². The maximum atomic E-state index is 11.5. The van der Waals surface area contributed by atoms with E-state index in [1.165, 1.54) is 0 Å². The van der Waals surface area contributed by atoms with Crippen LogP contribution in [0.2, 0.25) is 0 Å². The Hall–Kier alpha value is -1.71. The molecule has 1 fully saturated rings. The van der Waals surface area contributed by atoms with E-state index in [0.29, 0.717) is 5.69 Å². The van der Waals surface area contributed by atoms with Gasteiger partial charge in [0.15, 0.2) is 0 Å². The third-order valence-corrected chi connectivity index (χ3v) is 2.55. The summed E-state index contributed by atoms with van der Waals surface area (Å²) in [6.45, 7) is 1.85. The SMILES string of the molecule is Cc1cc(NC(=O)CC(=O)C2CC2)ccn1. The van der Waals surface area contributed by atoms with Crippen molar-refractivity contribution in [2.24, 2.45) is 5.92 Å². The maximum Gasteiger partial charge on any atom is 0.231 e. The van der Waals surface area contributed by atoms with E-state index in [1.54, 1.807) is 18.3 Å². The Morgan fingerprint density at radius 2 is 2.25 bits per heavy atom. The number of anilines is 1. The molecule has 1 saturated carbocycles. The van der Waals surface area contributed by atoms with Crippen molar-refractivity contribution in [3.8, 4) is 0 Å². The molecule has 1 heterocycles. The summed E-state index contributed by atoms with van der Waals surface area (Å²) in [5.41, 5.74) is 1.53. The average molecular weight is 218 g/mol. The van der Waals surface area contributed by atoms with Crippen molar-refractivity contribution in [3.63, 3.8) is 0 Å². The molecule has 0 unspecified atom stereocenters. The zero-order valence-electron chi connectivity index (χ0n) is 9.19. The van der Waals surface area contributed by atoms with Gasteiger partial charge < -0.3 is 5.32 Å². The monoisotopic (exact) mass is 218 g/mol. The van der Waals surface area contributed by atoms with Crippen LogP contribution in [0.1, 0.15) is 25.0 Å². The molecule has 1 aromatic rings. The third-order valence-electron chi connectivity index (χ3n) is 2.55. The van der Waals surface area contributed by atoms with Crippen LogP contribution in [0.5, 0.6) is 0 Å². The first-order valence-corrected chi connectivity index (χ1v) is 5.40. The lowest BCUT2D eigenvalue weighted by atomic mass is 10.2. The van der Waals surface area contributed by atoms with Crippen molar-refractivity contribution in [2.75, 3.05) is 5.32 Å². The summed E-state index contributed by atoms with van der Waals surface area (Å²) in [5, 5.41) is 2.70. The second kappa shape index (κ2) is 4.43. The fourth-order valence-corrected chi connectivity index (χ4v) is 1.54. The molecule has 0 radical (unpaired) electrons. The zero-order valence-corrected chi connectivity index (χ0v) is 9.19. The second-order valence-electron chi connectivity index (χ2n) is 4.15. The number of nitrogens with zero attached hydrogens (tertiary/aromatic N) is 1. The smallest absolute Gasteiger partial charge is 0.231 e. The van der Waals surface area contributed by atoms with Crippen LogP contribution in [-0.4, -0.2) is 16.7 Å². The number of rotatable bonds is 4. The van der Waals surface area contributed by atoms with E-state index < -0.39 is 0 Å². The predicted molar refractivity (Wildman–Crippen MR) is 60.0 cm³/mol. The Bertz CT molecular complexity index is 425. The summed E-state index contributed by atoms with van der Waals surface area (Å²) in [6.07, 6.45) is 3.51. The van der Waals surface area contributed by atoms with Crippen LogP contribution in [-0.2, 0) is 9.59 Å². The first-order valence-electron chi connectivity index (χ1n) is 5.40. The minimum absolute atomic E-state index is 0.00790. The molecule has 0 saturated heterocycles. The van der Waals surface area contributed by atoms with Gasteiger partial charge in [0.25, 0.3) is 0 Å². The standard InChI is InChI=1S/C12H14N2O2/c1-8-6-10(4-5-13-8)14-12(16)7-11(15)9-2-3-9/h4-6,9H,2-3,7H2,1H3,(H,13,14,16). The van der Waals surface area contributed by atoms with Crippen LogP contribution >= 0.6 is 0 Å². The van der Waals surface area contributed by atoms with E-state index >= 15 is 0 Å². The van der Waals surface area contributed by atoms with E-state index in [9.17, 15) is 9.59 Å². The predicted octanol–water partition coefficient (Wildman–Crippen LogP) is 1.70. The van der Waals surface area contributed by atoms with Crippen molar-refractivity contribution in [1.29, 1.82) is 0 Å². The molecule has 0 atom stereocenters. The number of carbonyl (C=O) groups is 2. The minimum Gasteiger partial charge on any atom is -0.326 e. The van der Waals surface area contributed by atoms with E-state index in [4.69, 9.17) is 0 Å². The lowest BCUT2D eigenvalue weighted by Crippen LogP contribution is -2.17. The van der Waals surface area contributed by atoms with Gasteiger partial charge in [-0.3, -0.25) is 14.6 Å². The summed E-state index contributed by atoms with van der Waals surface area (Å²) in [7, 11) is 0. The number of nitrogens with one attached hydrogen (secondary N) is 1. The second-order valence-corrected chi connectivity index (χ2v) is 4.15. The van der Waals surface area contributed by atoms with Gasteiger partial charge in [-0.05, 0) is 31.9 Å². The molecule has 1 aromatic heterocycles. The minimum atomic E-state index is -0.234. The van der Waals surface area contributed by atoms with E-state index in [0.717, 1.165) is 18.5 Å². The van der Waals surface area contributed by atoms with Gasteiger partial charge in [0.2, 0.25) is 5.91 Å². The number of aryl methyl sites for hydroxylation is 1. The van der Waals surface area contributed by atoms with Crippen LogP contribution < -0.4 is 5.32 Å². The largest absolute Gasteiger partial charge is 0.326 e. The Morgan fingerprint density at radius 3 is 2.88 bits per heavy atom. The molecule has 1 N–H and O–H groups in total. The topological polar surface area (TPSA) is 59.1 Å². The molecule has 1 aliphatic carbocycles. The summed E-state index contributed by atoms with van der Waals surface area (Å²) < 4.78 is 0. The number of amides is 1. The quantitative estimate of drug-likeness (QED) is 0.782. The van der Waals surface area contributed by atoms with E-state index in [-0.39, 0.29) is 24.0 Å². The highest BCUT2D eigenvalue weighted by molar-refractivity contribution is 6.05. The van der Waals surface area contributed by atoms with Crippen molar-refractivity contribution >= 4 is 17.4 Å². The van der Waals surface area contributed by atoms with Crippen LogP contribution in [0.25, 0.3) is 0 Å². The maximum absolute atomic E-state index is 11.5. The van der Waals surface area contributed by atoms with Gasteiger partial charge in [0.05, 0.1) is 6.42 Å². The fourth-order valence-electron chi connectivity index (χ4n) is 1.54. The molecular formula is C12H14N2O2. The highest BCUT2D eigenvalue weighted by Gasteiger charge is 2.30. The Labute approximate surface area is 94.1 Å². The Morgan fingerprint density at radius 1 is 1.50 bits per heavy atom. The number of Topliss-reactive ketones (excluding diaryl/α,β-unsaturated/α-hetero) is 1. The molecular weight excluding hydrogens is 204 g/mol. The highest BCUT2D eigenvalue weighted by atomic mass is 16.2. The van der Waals surface area contributed by atoms with Gasteiger partial charge in [-0.1, -0.05) is 0 Å². The molecule has 4 nitrogen and oxygen atoms in total. The molecule has 0 bridgehead atoms. The van der Waals surface area contributed by atoms with Crippen molar-refractivity contribution < 1.29 is 9.59 Å². The molecule has 0 aromatic carbocycles. The molecule has 0 spiro atoms. The normalized spacial score (nSPS) is 14.6. The lowest BCUT2D eigenvalue weighted by molar-refractivity contribution is -0.126. The first-order chi connectivity index (χ1) is 7.65. The van der Waals surface area contributed by atoms with Gasteiger partial charge in [-0.25, -0.2) is 0 Å². The van der Waals surface area contributed by atoms with Gasteiger partial charge in [-0.15, -0.1) is 0 Å². The Balaban J connectivity index is 1.89. The fraction of sp³-hybridized carbons (Fsp3) is 0.417. The van der Waals surface area contributed by atoms with Gasteiger partial charge >= 0.3 is 0 Å². The first kappa shape index (κ1) is 10.8. The van der Waals surface area contributed by atoms with Gasteiger partial charge in [0, 0.05) is 23.5 Å². The summed E-state index contributed by atoms with van der Waals surface area (Å²) >= 11 is 0. The number of aromatic nitrogens is 1. The molecule has 16 heavy (non-hydrogen) atoms. The molecule has 4 heteroatoms. The van der Waals surface area contributed by atoms with Crippen molar-refractivity contribution in [2.45, 2.75) is 26.2 Å². The number of hydrogen-bond acceptors (Lipinski definition) is 3. The van der Waals surface area contributed by atoms with Gasteiger partial charge in [-0.2, -0.15) is 0 Å².